The first kappa shape index (κ1) is 35.6. The Bertz CT molecular complexity index is 1600. The Hall–Kier alpha value is -0.170. The lowest BCUT2D eigenvalue weighted by molar-refractivity contribution is -0.147. The summed E-state index contributed by atoms with van der Waals surface area (Å²) < 4.78 is 127. The molecule has 5 N–H and O–H groups in total. The third-order valence-electron chi connectivity index (χ3n) is 7.13. The molecular weight excluding hydrogens is 828 g/mol. The third kappa shape index (κ3) is 16.8. The Balaban J connectivity index is 0.00000167. The summed E-state index contributed by atoms with van der Waals surface area (Å²) in [6, 6.07) is 3.31. The molecule has 0 aromatic heterocycles. The highest BCUT2D eigenvalue weighted by atomic mass is 32.2. The number of ether oxygens (including phenoxy) is 4. The van der Waals surface area contributed by atoms with E-state index in [4.69, 9.17) is 63.1 Å². The predicted octanol–water partition coefficient (Wildman–Crippen LogP) is -2.11. The molecule has 0 spiro atoms. The van der Waals surface area contributed by atoms with E-state index in [1.165, 1.54) is 31.2 Å². The smallest absolute Gasteiger partial charge is 0.247 e. The summed E-state index contributed by atoms with van der Waals surface area (Å²) in [6.07, 6.45) is -9.15. The van der Waals surface area contributed by atoms with Gasteiger partial charge < -0.3 is 57.2 Å². The molecule has 2 heterocycles. The van der Waals surface area contributed by atoms with Crippen LogP contribution in [-0.4, -0.2) is 183 Å². The van der Waals surface area contributed by atoms with Crippen molar-refractivity contribution in [2.45, 2.75) is 88.6 Å². The topological polar surface area (TPSA) is 192 Å². The maximum Gasteiger partial charge on any atom is 0.247 e. The van der Waals surface area contributed by atoms with Gasteiger partial charge in [0.05, 0.1) is 6.04 Å². The van der Waals surface area contributed by atoms with Gasteiger partial charge in [-0.25, -0.2) is 37.4 Å². The van der Waals surface area contributed by atoms with E-state index in [9.17, 15) is 14.7 Å². The normalized spacial score (nSPS) is 30.8. The number of carbonyl (C=O) groups is 2. The quantitative estimate of drug-likeness (QED) is 0.0273. The minimum absolute atomic E-state index is 0.00120. The molecular formula is C29H53B6NO13S6. The van der Waals surface area contributed by atoms with Crippen molar-refractivity contribution in [3.8, 4) is 11.5 Å². The highest BCUT2D eigenvalue weighted by Gasteiger charge is 2.55. The number of benzene rings is 1. The maximum absolute atomic E-state index is 13.6. The monoisotopic (exact) mass is 899 g/mol. The molecule has 3 fully saturated rings. The van der Waals surface area contributed by atoms with Crippen LogP contribution < -0.4 is 14.2 Å². The molecule has 2 aliphatic heterocycles. The lowest BCUT2D eigenvalue weighted by Crippen LogP contribution is -2.67. The third-order valence-corrected chi connectivity index (χ3v) is 8.55. The van der Waals surface area contributed by atoms with Gasteiger partial charge in [0.15, 0.2) is 43.0 Å². The van der Waals surface area contributed by atoms with E-state index >= 15 is 0 Å². The molecule has 1 aliphatic carbocycles. The molecule has 0 radical (unpaired) electrons. The van der Waals surface area contributed by atoms with Gasteiger partial charge in [0.1, 0.15) is 79.4 Å². The lowest BCUT2D eigenvalue weighted by Gasteiger charge is -2.43. The van der Waals surface area contributed by atoms with Gasteiger partial charge >= 0.3 is 0 Å². The molecule has 306 valence electrons. The average Bonchev–Trinajstić information content (AvgIpc) is 3.85. The van der Waals surface area contributed by atoms with Crippen LogP contribution >= 0.6 is 73.6 Å². The lowest BCUT2D eigenvalue weighted by atomic mass is 9.83. The number of carbonyl (C=O) groups excluding carboxylic acids is 2. The first-order chi connectivity index (χ1) is 31.5. The van der Waals surface area contributed by atoms with E-state index in [-0.39, 0.29) is 60.4 Å². The van der Waals surface area contributed by atoms with E-state index < -0.39 is 103 Å². The molecule has 2 saturated heterocycles. The number of aliphatic hydroxyl groups is 4. The zero-order chi connectivity index (χ0) is 51.0. The fraction of sp³-hybridized carbons (Fsp3) is 0.655. The van der Waals surface area contributed by atoms with Gasteiger partial charge in [-0.05, 0) is 78.1 Å². The molecule has 14 nitrogen and oxygen atoms in total. The van der Waals surface area contributed by atoms with Gasteiger partial charge in [0.25, 0.3) is 0 Å². The summed E-state index contributed by atoms with van der Waals surface area (Å²) in [6.45, 7) is 4.83. The molecule has 1 saturated carbocycles. The van der Waals surface area contributed by atoms with E-state index in [2.05, 4.69) is 42.8 Å². The Kier molecular flexibility index (Phi) is 19.4. The van der Waals surface area contributed by atoms with Gasteiger partial charge in [-0.3, -0.25) is 9.59 Å². The number of rotatable bonds is 22. The van der Waals surface area contributed by atoms with Crippen LogP contribution in [0.2, 0.25) is 20.5 Å². The van der Waals surface area contributed by atoms with E-state index in [1.807, 2.05) is 0 Å². The molecule has 1 unspecified atom stereocenters. The molecule has 1 aromatic rings. The van der Waals surface area contributed by atoms with Gasteiger partial charge in [-0.15, -0.1) is 0 Å². The zero-order valence-corrected chi connectivity index (χ0v) is 35.6. The average molecular weight is 899 g/mol. The van der Waals surface area contributed by atoms with E-state index in [0.29, 0.717) is 17.6 Å². The Labute approximate surface area is 375 Å². The highest BCUT2D eigenvalue weighted by molar-refractivity contribution is 8.07. The van der Waals surface area contributed by atoms with E-state index in [1.54, 1.807) is 20.5 Å². The van der Waals surface area contributed by atoms with Crippen LogP contribution in [0.15, 0.2) is 23.8 Å². The summed E-state index contributed by atoms with van der Waals surface area (Å²) in [4.78, 5) is 26.1. The maximum atomic E-state index is 13.6. The van der Waals surface area contributed by atoms with Crippen molar-refractivity contribution in [2.24, 2.45) is 0 Å². The fourth-order valence-electron chi connectivity index (χ4n) is 5.00. The molecule has 1 aromatic carbocycles. The first-order valence-electron chi connectivity index (χ1n) is 22.8. The number of fused-ring (bicyclic) bond motifs is 1. The van der Waals surface area contributed by atoms with Gasteiger partial charge in [-0.1, -0.05) is 26.5 Å². The molecule has 10 atom stereocenters. The number of nitrogens with one attached hydrogen (secondary N) is 1. The fourth-order valence-corrected chi connectivity index (χ4v) is 6.24. The van der Waals surface area contributed by atoms with Gasteiger partial charge in [0.2, 0.25) is 16.5 Å². The standard InChI is InChI=1S/C26H38B3NO13S3.3CH5BS/c1-11(25(36)30-16-17(33)18(34)22-24(38-10-37-22)21(16)42-45-8-28)4-12-2-3-14(15(5-12)41-44-7-27)39-26-19(35)23(43-46-9-29)20(40-26)13(32)6-31;3*1-2-3/h2-5,16-24,26,31,33-35H,6-10,27-29H2,1H3,(H,30,36);3*2-3H,1H3/b11-4+;;;/t16?,17-,18+,19-,20+,21+,22+,23-,24-,26+;;;/m0.../s1/i27TD,28TD,29TD,33T,34T,35T;3*2D. The molecule has 1 amide bonds. The summed E-state index contributed by atoms with van der Waals surface area (Å²) in [5, 5.41) is 26.8. The van der Waals surface area contributed by atoms with Crippen molar-refractivity contribution in [1.29, 1.82) is 16.3 Å². The van der Waals surface area contributed by atoms with Crippen LogP contribution in [0, 0.1) is 0 Å². The van der Waals surface area contributed by atoms with Crippen molar-refractivity contribution in [3.63, 3.8) is 0 Å². The predicted molar refractivity (Wildman–Crippen MR) is 245 cm³/mol. The van der Waals surface area contributed by atoms with Gasteiger partial charge in [-0.2, -0.15) is 0 Å². The number of hydrogen-bond acceptors (Lipinski definition) is 19. The van der Waals surface area contributed by atoms with E-state index in [0.717, 1.165) is 24.1 Å². The Morgan fingerprint density at radius 2 is 1.60 bits per heavy atom. The SMILES string of the molecule is [2H]B(C)S.[2H]B(C)S.[2H]B(C)S.[2H]B([3H])CSOc1cc(/C=C(\C)C(=O)NC2[C@@H](OSCB([2H])[3H])[C@@H]3OCO[C@@H]3[C@H](O[3H])[C@H]2O[3H])ccc1O[C@@H]1O[C@H](C(=O)CO)[C@@H](OSCB([2H])[3H])[C@@H]1O[3H]. The van der Waals surface area contributed by atoms with Crippen LogP contribution in [0.25, 0.3) is 6.08 Å². The first-order valence-corrected chi connectivity index (χ1v) is 20.7. The Morgan fingerprint density at radius 3 is 2.20 bits per heavy atom. The highest BCUT2D eigenvalue weighted by Crippen LogP contribution is 2.37. The molecule has 4 rings (SSSR count). The summed E-state index contributed by atoms with van der Waals surface area (Å²) >= 11 is 13.2. The number of thiol groups is 3. The van der Waals surface area contributed by atoms with Crippen LogP contribution in [0.4, 0.5) is 0 Å². The van der Waals surface area contributed by atoms with Crippen LogP contribution in [0.1, 0.15) is 12.5 Å². The second-order valence-corrected chi connectivity index (χ2v) is 14.6. The van der Waals surface area contributed by atoms with Crippen LogP contribution in [0.3, 0.4) is 0 Å². The van der Waals surface area contributed by atoms with Crippen LogP contribution in [-0.2, 0) is 32.2 Å². The van der Waals surface area contributed by atoms with Crippen LogP contribution in [0.5, 0.6) is 11.5 Å². The molecule has 0 bridgehead atoms. The van der Waals surface area contributed by atoms with Crippen molar-refractivity contribution in [2.75, 3.05) is 30.4 Å². The number of Topliss-reactive ketones (excluding diaryl/α,β-unsaturated/α-hetero) is 1. The van der Waals surface area contributed by atoms with Crippen molar-refractivity contribution >= 4 is 134 Å². The second kappa shape index (κ2) is 29.9. The number of aliphatic hydroxyl groups excluding tert-OH is 4. The molecule has 26 heteroatoms. The minimum atomic E-state index is -1.46. The minimum Gasteiger partial charge on any atom is -0.458 e. The van der Waals surface area contributed by atoms with Crippen molar-refractivity contribution < 1.29 is 61.5 Å². The van der Waals surface area contributed by atoms with Crippen molar-refractivity contribution in [3.05, 3.63) is 29.3 Å². The second-order valence-electron chi connectivity index (χ2n) is 10.8. The molecule has 55 heavy (non-hydrogen) atoms. The number of hydrogen-bond donors (Lipinski definition) is 8. The summed E-state index contributed by atoms with van der Waals surface area (Å²) in [7, 11) is -3.70. The zero-order valence-electron chi connectivity index (χ0n) is 42.5. The summed E-state index contributed by atoms with van der Waals surface area (Å²) in [5.41, 5.74) is 0.326. The largest absolute Gasteiger partial charge is 0.458 e. The number of amides is 1. The Morgan fingerprint density at radius 1 is 1.00 bits per heavy atom. The van der Waals surface area contributed by atoms with Crippen molar-refractivity contribution in [1.82, 2.24) is 5.32 Å². The summed E-state index contributed by atoms with van der Waals surface area (Å²) in [5.74, 6) is -1.41. The molecule has 3 aliphatic rings. The van der Waals surface area contributed by atoms with Gasteiger partial charge in [0, 0.05) is 23.3 Å². The number of ketones is 1.